The zero-order valence-electron chi connectivity index (χ0n) is 14.3. The smallest absolute Gasteiger partial charge is 0.264 e. The predicted octanol–water partition coefficient (Wildman–Crippen LogP) is 4.70. The van der Waals surface area contributed by atoms with E-state index in [9.17, 15) is 4.79 Å². The minimum Gasteiger partial charge on any atom is -0.484 e. The fourth-order valence-electron chi connectivity index (χ4n) is 2.44. The summed E-state index contributed by atoms with van der Waals surface area (Å²) in [6.45, 7) is 4.06. The highest BCUT2D eigenvalue weighted by Crippen LogP contribution is 2.30. The molecule has 0 saturated carbocycles. The van der Waals surface area contributed by atoms with Crippen LogP contribution >= 0.6 is 11.3 Å². The molecule has 3 aromatic rings. The van der Waals surface area contributed by atoms with E-state index < -0.39 is 0 Å². The molecule has 1 heterocycles. The summed E-state index contributed by atoms with van der Waals surface area (Å²) in [6.07, 6.45) is 0.980. The zero-order chi connectivity index (χ0) is 17.6. The first kappa shape index (κ1) is 17.2. The van der Waals surface area contributed by atoms with E-state index in [1.54, 1.807) is 0 Å². The Hall–Kier alpha value is -2.66. The first-order valence-corrected chi connectivity index (χ1v) is 9.02. The van der Waals surface area contributed by atoms with Crippen LogP contribution in [-0.2, 0) is 11.2 Å². The summed E-state index contributed by atoms with van der Waals surface area (Å²) in [6, 6.07) is 17.7. The lowest BCUT2D eigenvalue weighted by atomic mass is 10.1. The molecule has 0 aliphatic heterocycles. The molecule has 1 amide bonds. The molecule has 0 bridgehead atoms. The molecule has 1 N–H and O–H groups in total. The van der Waals surface area contributed by atoms with Crippen LogP contribution in [-0.4, -0.2) is 17.5 Å². The Morgan fingerprint density at radius 2 is 1.84 bits per heavy atom. The van der Waals surface area contributed by atoms with Crippen LogP contribution in [0.25, 0.3) is 11.3 Å². The van der Waals surface area contributed by atoms with E-state index in [2.05, 4.69) is 17.2 Å². The summed E-state index contributed by atoms with van der Waals surface area (Å²) >= 11 is 1.47. The monoisotopic (exact) mass is 352 g/mol. The van der Waals surface area contributed by atoms with E-state index in [0.29, 0.717) is 10.9 Å². The van der Waals surface area contributed by atoms with E-state index >= 15 is 0 Å². The van der Waals surface area contributed by atoms with Crippen molar-refractivity contribution in [3.8, 4) is 17.0 Å². The van der Waals surface area contributed by atoms with Gasteiger partial charge in [0.1, 0.15) is 5.75 Å². The molecule has 0 saturated heterocycles. The van der Waals surface area contributed by atoms with Crippen molar-refractivity contribution in [1.29, 1.82) is 0 Å². The van der Waals surface area contributed by atoms with Crippen molar-refractivity contribution in [3.05, 3.63) is 65.0 Å². The lowest BCUT2D eigenvalue weighted by Crippen LogP contribution is -2.20. The van der Waals surface area contributed by atoms with Crippen LogP contribution in [0.5, 0.6) is 5.75 Å². The maximum atomic E-state index is 12.1. The lowest BCUT2D eigenvalue weighted by Gasteiger charge is -2.06. The molecule has 0 unspecified atom stereocenters. The number of aryl methyl sites for hydroxylation is 2. The van der Waals surface area contributed by atoms with E-state index in [0.717, 1.165) is 22.6 Å². The van der Waals surface area contributed by atoms with E-state index in [4.69, 9.17) is 4.74 Å². The fourth-order valence-corrected chi connectivity index (χ4v) is 3.29. The van der Waals surface area contributed by atoms with Gasteiger partial charge in [0.2, 0.25) is 0 Å². The van der Waals surface area contributed by atoms with Gasteiger partial charge in [-0.3, -0.25) is 10.1 Å². The fraction of sp³-hybridized carbons (Fsp3) is 0.200. The minimum absolute atomic E-state index is 0.0369. The van der Waals surface area contributed by atoms with Crippen molar-refractivity contribution in [3.63, 3.8) is 0 Å². The Kier molecular flexibility index (Phi) is 5.46. The Morgan fingerprint density at radius 1 is 1.12 bits per heavy atom. The van der Waals surface area contributed by atoms with Gasteiger partial charge in [0.05, 0.1) is 5.69 Å². The van der Waals surface area contributed by atoms with Gasteiger partial charge < -0.3 is 4.74 Å². The van der Waals surface area contributed by atoms with Gasteiger partial charge in [-0.15, -0.1) is 11.3 Å². The average molecular weight is 352 g/mol. The number of rotatable bonds is 6. The highest BCUT2D eigenvalue weighted by molar-refractivity contribution is 7.16. The Labute approximate surface area is 151 Å². The third kappa shape index (κ3) is 4.45. The number of carbonyl (C=O) groups is 1. The van der Waals surface area contributed by atoms with Crippen LogP contribution < -0.4 is 10.1 Å². The number of nitrogens with zero attached hydrogens (tertiary/aromatic N) is 1. The summed E-state index contributed by atoms with van der Waals surface area (Å²) in [5.74, 6) is 0.473. The molecular weight excluding hydrogens is 332 g/mol. The Balaban J connectivity index is 1.59. The third-order valence-corrected chi connectivity index (χ3v) is 4.68. The predicted molar refractivity (Wildman–Crippen MR) is 102 cm³/mol. The maximum Gasteiger partial charge on any atom is 0.264 e. The summed E-state index contributed by atoms with van der Waals surface area (Å²) in [5.41, 5.74) is 3.18. The Bertz CT molecular complexity index is 842. The number of hydrogen-bond acceptors (Lipinski definition) is 4. The molecule has 0 fully saturated rings. The van der Waals surface area contributed by atoms with E-state index in [-0.39, 0.29) is 12.5 Å². The van der Waals surface area contributed by atoms with Gasteiger partial charge >= 0.3 is 0 Å². The number of benzene rings is 2. The van der Waals surface area contributed by atoms with Crippen molar-refractivity contribution in [2.24, 2.45) is 0 Å². The molecule has 5 heteroatoms. The van der Waals surface area contributed by atoms with Gasteiger partial charge in [0, 0.05) is 10.4 Å². The summed E-state index contributed by atoms with van der Waals surface area (Å²) in [4.78, 5) is 17.7. The molecule has 0 radical (unpaired) electrons. The van der Waals surface area contributed by atoms with Gasteiger partial charge in [0.25, 0.3) is 5.91 Å². The second-order valence-electron chi connectivity index (χ2n) is 5.62. The molecule has 0 aliphatic rings. The van der Waals surface area contributed by atoms with Crippen molar-refractivity contribution in [2.45, 2.75) is 20.3 Å². The minimum atomic E-state index is -0.215. The molecule has 1 aromatic heterocycles. The van der Waals surface area contributed by atoms with Gasteiger partial charge in [-0.05, 0) is 31.0 Å². The van der Waals surface area contributed by atoms with Gasteiger partial charge in [-0.2, -0.15) is 0 Å². The first-order chi connectivity index (χ1) is 12.2. The highest BCUT2D eigenvalue weighted by atomic mass is 32.1. The molecule has 128 valence electrons. The molecule has 0 spiro atoms. The molecule has 3 rings (SSSR count). The third-order valence-electron chi connectivity index (χ3n) is 3.79. The van der Waals surface area contributed by atoms with Crippen molar-refractivity contribution in [1.82, 2.24) is 4.98 Å². The summed E-state index contributed by atoms with van der Waals surface area (Å²) in [7, 11) is 0. The molecule has 0 aliphatic carbocycles. The molecule has 4 nitrogen and oxygen atoms in total. The Morgan fingerprint density at radius 3 is 2.52 bits per heavy atom. The van der Waals surface area contributed by atoms with Crippen LogP contribution in [0.15, 0.2) is 54.6 Å². The number of hydrogen-bond donors (Lipinski definition) is 1. The topological polar surface area (TPSA) is 51.2 Å². The van der Waals surface area contributed by atoms with Crippen LogP contribution in [0.4, 0.5) is 5.13 Å². The first-order valence-electron chi connectivity index (χ1n) is 8.20. The quantitative estimate of drug-likeness (QED) is 0.700. The van der Waals surface area contributed by atoms with Crippen molar-refractivity contribution in [2.75, 3.05) is 11.9 Å². The van der Waals surface area contributed by atoms with Crippen LogP contribution in [0, 0.1) is 6.92 Å². The molecule has 0 atom stereocenters. The number of anilines is 1. The highest BCUT2D eigenvalue weighted by Gasteiger charge is 2.12. The van der Waals surface area contributed by atoms with Crippen molar-refractivity contribution >= 4 is 22.4 Å². The normalized spacial score (nSPS) is 10.5. The number of aromatic nitrogens is 1. The van der Waals surface area contributed by atoms with Gasteiger partial charge in [-0.1, -0.05) is 49.4 Å². The van der Waals surface area contributed by atoms with Crippen LogP contribution in [0.1, 0.15) is 17.4 Å². The number of ether oxygens (including phenoxy) is 1. The van der Waals surface area contributed by atoms with Crippen molar-refractivity contribution < 1.29 is 9.53 Å². The number of thiazole rings is 1. The standard InChI is InChI=1S/C20H20N2O2S/c1-3-15-9-11-17(12-10-15)24-13-18(23)21-20-22-19(14(2)25-20)16-7-5-4-6-8-16/h4-12H,3,13H2,1-2H3,(H,21,22,23). The second-order valence-corrected chi connectivity index (χ2v) is 6.83. The number of amides is 1. The zero-order valence-corrected chi connectivity index (χ0v) is 15.1. The summed E-state index contributed by atoms with van der Waals surface area (Å²) in [5, 5.41) is 3.40. The summed E-state index contributed by atoms with van der Waals surface area (Å²) < 4.78 is 5.53. The SMILES string of the molecule is CCc1ccc(OCC(=O)Nc2nc(-c3ccccc3)c(C)s2)cc1. The van der Waals surface area contributed by atoms with Crippen LogP contribution in [0.2, 0.25) is 0 Å². The molecule has 2 aromatic carbocycles. The van der Waals surface area contributed by atoms with Gasteiger partial charge in [-0.25, -0.2) is 4.98 Å². The van der Waals surface area contributed by atoms with E-state index in [1.165, 1.54) is 16.9 Å². The molecular formula is C20H20N2O2S. The van der Waals surface area contributed by atoms with Crippen LogP contribution in [0.3, 0.4) is 0 Å². The number of nitrogens with one attached hydrogen (secondary N) is 1. The van der Waals surface area contributed by atoms with E-state index in [1.807, 2.05) is 61.5 Å². The average Bonchev–Trinajstić information content (AvgIpc) is 3.01. The second kappa shape index (κ2) is 7.94. The maximum absolute atomic E-state index is 12.1. The number of carbonyl (C=O) groups excluding carboxylic acids is 1. The van der Waals surface area contributed by atoms with Gasteiger partial charge in [0.15, 0.2) is 11.7 Å². The largest absolute Gasteiger partial charge is 0.484 e. The lowest BCUT2D eigenvalue weighted by molar-refractivity contribution is -0.118. The molecule has 25 heavy (non-hydrogen) atoms.